The molecular formula is C48H48N12O. The van der Waals surface area contributed by atoms with Gasteiger partial charge in [0.05, 0.1) is 7.11 Å². The molecule has 0 saturated carbocycles. The van der Waals surface area contributed by atoms with Crippen molar-refractivity contribution < 1.29 is 4.74 Å². The van der Waals surface area contributed by atoms with Gasteiger partial charge in [-0.2, -0.15) is 29.9 Å². The molecule has 8 rings (SSSR count). The van der Waals surface area contributed by atoms with E-state index in [1.807, 2.05) is 180 Å². The lowest BCUT2D eigenvalue weighted by atomic mass is 10.2. The topological polar surface area (TPSA) is 159 Å². The number of aryl methyl sites for hydroxylation is 5. The van der Waals surface area contributed by atoms with Gasteiger partial charge in [-0.25, -0.2) is 0 Å². The van der Waals surface area contributed by atoms with E-state index in [2.05, 4.69) is 61.8 Å². The van der Waals surface area contributed by atoms with Gasteiger partial charge in [0.25, 0.3) is 0 Å². The Bertz CT molecular complexity index is 2500. The Balaban J connectivity index is 0.000000184. The van der Waals surface area contributed by atoms with E-state index in [1.165, 1.54) is 0 Å². The zero-order valence-corrected chi connectivity index (χ0v) is 34.9. The Morgan fingerprint density at radius 3 is 0.738 bits per heavy atom. The van der Waals surface area contributed by atoms with Crippen molar-refractivity contribution in [3.05, 3.63) is 173 Å². The Morgan fingerprint density at radius 1 is 0.295 bits per heavy atom. The number of aromatic nitrogens is 6. The Morgan fingerprint density at radius 2 is 0.525 bits per heavy atom. The fourth-order valence-corrected chi connectivity index (χ4v) is 6.15. The normalized spacial score (nSPS) is 10.5. The number of nitrogens with one attached hydrogen (secondary N) is 6. The molecule has 61 heavy (non-hydrogen) atoms. The minimum Gasteiger partial charge on any atom is -0.497 e. The van der Waals surface area contributed by atoms with Gasteiger partial charge in [0, 0.05) is 34.1 Å². The van der Waals surface area contributed by atoms with Crippen LogP contribution >= 0.6 is 0 Å². The first-order valence-corrected chi connectivity index (χ1v) is 19.7. The molecule has 8 aromatic rings. The molecule has 0 aliphatic heterocycles. The van der Waals surface area contributed by atoms with Gasteiger partial charge in [-0.05, 0) is 147 Å². The molecule has 6 N–H and O–H groups in total. The van der Waals surface area contributed by atoms with Crippen molar-refractivity contribution in [2.24, 2.45) is 0 Å². The van der Waals surface area contributed by atoms with Gasteiger partial charge in [0.15, 0.2) is 0 Å². The zero-order valence-electron chi connectivity index (χ0n) is 34.9. The maximum absolute atomic E-state index is 5.22. The van der Waals surface area contributed by atoms with Crippen molar-refractivity contribution in [1.29, 1.82) is 0 Å². The van der Waals surface area contributed by atoms with Gasteiger partial charge in [-0.15, -0.1) is 0 Å². The summed E-state index contributed by atoms with van der Waals surface area (Å²) in [6, 6.07) is 47.9. The first-order valence-electron chi connectivity index (χ1n) is 19.7. The molecular weight excluding hydrogens is 761 g/mol. The molecule has 0 radical (unpaired) electrons. The molecule has 2 aromatic heterocycles. The fourth-order valence-electron chi connectivity index (χ4n) is 6.15. The predicted molar refractivity (Wildman–Crippen MR) is 248 cm³/mol. The van der Waals surface area contributed by atoms with E-state index in [4.69, 9.17) is 4.74 Å². The molecule has 0 atom stereocenters. The van der Waals surface area contributed by atoms with E-state index in [9.17, 15) is 0 Å². The van der Waals surface area contributed by atoms with Crippen molar-refractivity contribution in [3.8, 4) is 5.75 Å². The van der Waals surface area contributed by atoms with Crippen LogP contribution in [0, 0.1) is 34.6 Å². The molecule has 2 heterocycles. The zero-order chi connectivity index (χ0) is 42.6. The quantitative estimate of drug-likeness (QED) is 0.0654. The van der Waals surface area contributed by atoms with Gasteiger partial charge < -0.3 is 36.6 Å². The molecule has 0 amide bonds. The number of ether oxygens (including phenoxy) is 1. The van der Waals surface area contributed by atoms with E-state index >= 15 is 0 Å². The molecule has 13 heteroatoms. The molecule has 0 unspecified atom stereocenters. The monoisotopic (exact) mass is 808 g/mol. The van der Waals surface area contributed by atoms with E-state index in [-0.39, 0.29) is 0 Å². The van der Waals surface area contributed by atoms with Crippen LogP contribution in [0.25, 0.3) is 0 Å². The molecule has 306 valence electrons. The molecule has 0 fully saturated rings. The van der Waals surface area contributed by atoms with E-state index in [0.717, 1.165) is 67.7 Å². The summed E-state index contributed by atoms with van der Waals surface area (Å²) < 4.78 is 5.22. The molecule has 6 aromatic carbocycles. The number of hydrogen-bond acceptors (Lipinski definition) is 13. The summed E-state index contributed by atoms with van der Waals surface area (Å²) in [6.45, 7) is 10.2. The Labute approximate surface area is 356 Å². The molecule has 13 nitrogen and oxygen atoms in total. The van der Waals surface area contributed by atoms with Crippen molar-refractivity contribution >= 4 is 69.8 Å². The van der Waals surface area contributed by atoms with Gasteiger partial charge in [0.1, 0.15) is 5.75 Å². The van der Waals surface area contributed by atoms with Gasteiger partial charge in [-0.1, -0.05) is 60.7 Å². The third kappa shape index (κ3) is 12.5. The summed E-state index contributed by atoms with van der Waals surface area (Å²) in [7, 11) is 1.64. The average Bonchev–Trinajstić information content (AvgIpc) is 3.21. The van der Waals surface area contributed by atoms with Crippen LogP contribution in [-0.2, 0) is 0 Å². The van der Waals surface area contributed by atoms with Crippen LogP contribution in [0.4, 0.5) is 69.8 Å². The van der Waals surface area contributed by atoms with Crippen molar-refractivity contribution in [2.45, 2.75) is 34.6 Å². The van der Waals surface area contributed by atoms with Gasteiger partial charge in [0.2, 0.25) is 35.7 Å². The van der Waals surface area contributed by atoms with Crippen LogP contribution in [-0.4, -0.2) is 37.0 Å². The predicted octanol–water partition coefficient (Wildman–Crippen LogP) is 11.8. The molecule has 0 spiro atoms. The van der Waals surface area contributed by atoms with E-state index < -0.39 is 0 Å². The fraction of sp³-hybridized carbons (Fsp3) is 0.125. The highest BCUT2D eigenvalue weighted by Gasteiger charge is 2.11. The first kappa shape index (κ1) is 41.1. The highest BCUT2D eigenvalue weighted by atomic mass is 16.5. The second-order valence-electron chi connectivity index (χ2n) is 14.4. The number of anilines is 12. The van der Waals surface area contributed by atoms with Gasteiger partial charge >= 0.3 is 0 Å². The summed E-state index contributed by atoms with van der Waals surface area (Å²) >= 11 is 0. The SMILES string of the molecule is COc1ccc(Nc2nc(Nc3cccc(C)c3)nc(Nc3cccc(C)c3)n2)cc1.Cc1cccc(Nc2nc(Nc3cccc(C)c3)nc(Nc3cccc(C)c3)n2)c1. The molecule has 0 aliphatic carbocycles. The lowest BCUT2D eigenvalue weighted by Gasteiger charge is -2.12. The maximum Gasteiger partial charge on any atom is 0.233 e. The van der Waals surface area contributed by atoms with E-state index in [1.54, 1.807) is 7.11 Å². The molecule has 0 saturated heterocycles. The van der Waals surface area contributed by atoms with Crippen LogP contribution < -0.4 is 36.6 Å². The average molecular weight is 809 g/mol. The first-order chi connectivity index (χ1) is 29.6. The van der Waals surface area contributed by atoms with E-state index in [0.29, 0.717) is 35.7 Å². The number of nitrogens with zero attached hydrogens (tertiary/aromatic N) is 6. The van der Waals surface area contributed by atoms with Crippen LogP contribution in [0.3, 0.4) is 0 Å². The summed E-state index contributed by atoms with van der Waals surface area (Å²) in [4.78, 5) is 27.3. The smallest absolute Gasteiger partial charge is 0.233 e. The van der Waals surface area contributed by atoms with Crippen LogP contribution in [0.2, 0.25) is 0 Å². The minimum absolute atomic E-state index is 0.422. The van der Waals surface area contributed by atoms with Crippen LogP contribution in [0.15, 0.2) is 146 Å². The van der Waals surface area contributed by atoms with Gasteiger partial charge in [-0.3, -0.25) is 0 Å². The summed E-state index contributed by atoms with van der Waals surface area (Å²) in [5, 5.41) is 19.6. The number of methoxy groups -OCH3 is 1. The van der Waals surface area contributed by atoms with Crippen LogP contribution in [0.1, 0.15) is 27.8 Å². The molecule has 0 bridgehead atoms. The Kier molecular flexibility index (Phi) is 13.2. The number of benzene rings is 6. The van der Waals surface area contributed by atoms with Crippen molar-refractivity contribution in [2.75, 3.05) is 39.0 Å². The summed E-state index contributed by atoms with van der Waals surface area (Å²) in [5.74, 6) is 3.46. The maximum atomic E-state index is 5.22. The second-order valence-corrected chi connectivity index (χ2v) is 14.4. The minimum atomic E-state index is 0.422. The third-order valence-electron chi connectivity index (χ3n) is 8.99. The third-order valence-corrected chi connectivity index (χ3v) is 8.99. The second kappa shape index (κ2) is 19.6. The Hall–Kier alpha value is -8.06. The number of hydrogen-bond donors (Lipinski definition) is 6. The highest BCUT2D eigenvalue weighted by Crippen LogP contribution is 2.25. The number of rotatable bonds is 13. The largest absolute Gasteiger partial charge is 0.497 e. The van der Waals surface area contributed by atoms with Crippen LogP contribution in [0.5, 0.6) is 5.75 Å². The molecule has 0 aliphatic rings. The lowest BCUT2D eigenvalue weighted by molar-refractivity contribution is 0.415. The lowest BCUT2D eigenvalue weighted by Crippen LogP contribution is -2.07. The summed E-state index contributed by atoms with van der Waals surface area (Å²) in [6.07, 6.45) is 0. The summed E-state index contributed by atoms with van der Waals surface area (Å²) in [5.41, 5.74) is 11.2. The highest BCUT2D eigenvalue weighted by molar-refractivity contribution is 5.64. The van der Waals surface area contributed by atoms with Crippen molar-refractivity contribution in [3.63, 3.8) is 0 Å². The standard InChI is InChI=1S/C24H24N6O.C24H24N6/c1-16-6-4-8-19(14-16)26-23-28-22(25-18-10-12-21(31-3)13-11-18)29-24(30-23)27-20-9-5-7-17(2)15-20;1-16-7-4-10-19(13-16)25-22-28-23(26-20-11-5-8-17(2)14-20)30-24(29-22)27-21-12-6-9-18(3)15-21/h4-15H,1-3H3,(H3,25,26,27,28,29,30);4-15H,1-3H3,(H3,25,26,27,28,29,30). The van der Waals surface area contributed by atoms with Crippen molar-refractivity contribution in [1.82, 2.24) is 29.9 Å².